The van der Waals surface area contributed by atoms with Crippen molar-refractivity contribution in [3.63, 3.8) is 0 Å². The predicted octanol–water partition coefficient (Wildman–Crippen LogP) is 2.36. The number of hydrogen-bond acceptors (Lipinski definition) is 7. The Morgan fingerprint density at radius 3 is 2.54 bits per heavy atom. The van der Waals surface area contributed by atoms with E-state index in [4.69, 9.17) is 16.9 Å². The fraction of sp³-hybridized carbons (Fsp3) is 0.478. The SMILES string of the molecule is CC(C)N1CCC(NC(=O)c2cc(C(=O)N(C#N)CC(F)F)nn2CC(=O)Nc2ccc(Cl)cn2)CC1. The second-order valence-electron chi connectivity index (χ2n) is 8.77. The molecule has 0 aromatic carbocycles. The van der Waals surface area contributed by atoms with Crippen LogP contribution in [-0.4, -0.2) is 80.4 Å². The third kappa shape index (κ3) is 7.68. The molecule has 0 unspecified atom stereocenters. The van der Waals surface area contributed by atoms with Crippen LogP contribution >= 0.6 is 11.6 Å². The number of amides is 3. The number of alkyl halides is 2. The summed E-state index contributed by atoms with van der Waals surface area (Å²) in [5, 5.41) is 18.9. The van der Waals surface area contributed by atoms with Crippen LogP contribution in [0.5, 0.6) is 0 Å². The smallest absolute Gasteiger partial charge is 0.287 e. The Hall–Kier alpha value is -3.63. The molecule has 3 heterocycles. The van der Waals surface area contributed by atoms with Crippen LogP contribution in [-0.2, 0) is 11.3 Å². The lowest BCUT2D eigenvalue weighted by atomic mass is 10.0. The van der Waals surface area contributed by atoms with E-state index >= 15 is 0 Å². The molecule has 2 aromatic rings. The molecule has 0 aliphatic carbocycles. The van der Waals surface area contributed by atoms with Gasteiger partial charge in [0.15, 0.2) is 11.9 Å². The molecule has 0 saturated carbocycles. The Bertz CT molecular complexity index is 1160. The molecule has 1 saturated heterocycles. The van der Waals surface area contributed by atoms with E-state index in [9.17, 15) is 23.2 Å². The maximum absolute atomic E-state index is 13.1. The first-order chi connectivity index (χ1) is 17.6. The molecule has 1 aliphatic heterocycles. The first-order valence-electron chi connectivity index (χ1n) is 11.6. The maximum atomic E-state index is 13.1. The molecule has 2 N–H and O–H groups in total. The first-order valence-corrected chi connectivity index (χ1v) is 12.0. The number of pyridine rings is 1. The number of nitriles is 1. The number of piperidine rings is 1. The van der Waals surface area contributed by atoms with Crippen molar-refractivity contribution >= 4 is 35.1 Å². The predicted molar refractivity (Wildman–Crippen MR) is 130 cm³/mol. The highest BCUT2D eigenvalue weighted by atomic mass is 35.5. The molecular formula is C23H27ClF2N8O3. The van der Waals surface area contributed by atoms with Gasteiger partial charge in [-0.05, 0) is 38.8 Å². The Morgan fingerprint density at radius 2 is 1.97 bits per heavy atom. The summed E-state index contributed by atoms with van der Waals surface area (Å²) >= 11 is 5.80. The van der Waals surface area contributed by atoms with Gasteiger partial charge in [0.2, 0.25) is 5.91 Å². The van der Waals surface area contributed by atoms with Gasteiger partial charge in [0.05, 0.1) is 11.6 Å². The fourth-order valence-corrected chi connectivity index (χ4v) is 3.97. The van der Waals surface area contributed by atoms with Crippen LogP contribution in [0.3, 0.4) is 0 Å². The summed E-state index contributed by atoms with van der Waals surface area (Å²) in [6.07, 6.45) is 1.22. The summed E-state index contributed by atoms with van der Waals surface area (Å²) in [6.45, 7) is 4.19. The number of carbonyl (C=O) groups excluding carboxylic acids is 3. The van der Waals surface area contributed by atoms with Crippen LogP contribution < -0.4 is 10.6 Å². The average Bonchev–Trinajstić information content (AvgIpc) is 3.27. The number of nitrogens with zero attached hydrogens (tertiary/aromatic N) is 6. The lowest BCUT2D eigenvalue weighted by molar-refractivity contribution is -0.116. The Kier molecular flexibility index (Phi) is 9.48. The summed E-state index contributed by atoms with van der Waals surface area (Å²) in [5.41, 5.74) is -0.539. The molecule has 14 heteroatoms. The highest BCUT2D eigenvalue weighted by Crippen LogP contribution is 2.16. The minimum Gasteiger partial charge on any atom is -0.348 e. The molecule has 0 radical (unpaired) electrons. The quantitative estimate of drug-likeness (QED) is 0.371. The number of nitrogens with one attached hydrogen (secondary N) is 2. The summed E-state index contributed by atoms with van der Waals surface area (Å²) in [7, 11) is 0. The second-order valence-corrected chi connectivity index (χ2v) is 9.20. The molecule has 1 fully saturated rings. The molecule has 11 nitrogen and oxygen atoms in total. The van der Waals surface area contributed by atoms with E-state index in [1.165, 1.54) is 24.5 Å². The molecule has 37 heavy (non-hydrogen) atoms. The van der Waals surface area contributed by atoms with Crippen LogP contribution in [0.2, 0.25) is 5.02 Å². The van der Waals surface area contributed by atoms with E-state index in [0.29, 0.717) is 23.9 Å². The van der Waals surface area contributed by atoms with Gasteiger partial charge >= 0.3 is 0 Å². The Morgan fingerprint density at radius 1 is 1.27 bits per heavy atom. The van der Waals surface area contributed by atoms with E-state index in [-0.39, 0.29) is 22.5 Å². The van der Waals surface area contributed by atoms with Crippen LogP contribution in [0, 0.1) is 11.5 Å². The van der Waals surface area contributed by atoms with Gasteiger partial charge in [-0.3, -0.25) is 14.4 Å². The molecule has 3 rings (SSSR count). The van der Waals surface area contributed by atoms with E-state index in [1.54, 1.807) is 0 Å². The minimum absolute atomic E-state index is 0.121. The van der Waals surface area contributed by atoms with Gasteiger partial charge in [0, 0.05) is 37.4 Å². The summed E-state index contributed by atoms with van der Waals surface area (Å²) in [6, 6.07) is 4.34. The van der Waals surface area contributed by atoms with E-state index in [1.807, 2.05) is 0 Å². The second kappa shape index (κ2) is 12.6. The van der Waals surface area contributed by atoms with Gasteiger partial charge in [-0.15, -0.1) is 0 Å². The van der Waals surface area contributed by atoms with Crippen molar-refractivity contribution < 1.29 is 23.2 Å². The number of aromatic nitrogens is 3. The molecule has 2 aromatic heterocycles. The number of carbonyl (C=O) groups is 3. The summed E-state index contributed by atoms with van der Waals surface area (Å²) < 4.78 is 26.6. The van der Waals surface area contributed by atoms with Crippen molar-refractivity contribution in [1.29, 1.82) is 5.26 Å². The minimum atomic E-state index is -2.94. The number of anilines is 1. The van der Waals surface area contributed by atoms with E-state index in [2.05, 4.69) is 39.5 Å². The van der Waals surface area contributed by atoms with Crippen molar-refractivity contribution in [1.82, 2.24) is 29.9 Å². The number of likely N-dealkylation sites (tertiary alicyclic amines) is 1. The lowest BCUT2D eigenvalue weighted by Gasteiger charge is -2.34. The van der Waals surface area contributed by atoms with E-state index < -0.39 is 42.9 Å². The fourth-order valence-electron chi connectivity index (χ4n) is 3.86. The third-order valence-electron chi connectivity index (χ3n) is 5.80. The van der Waals surface area contributed by atoms with Gasteiger partial charge in [0.25, 0.3) is 18.2 Å². The van der Waals surface area contributed by atoms with Crippen LogP contribution in [0.1, 0.15) is 47.7 Å². The zero-order valence-electron chi connectivity index (χ0n) is 20.3. The highest BCUT2D eigenvalue weighted by Gasteiger charge is 2.28. The third-order valence-corrected chi connectivity index (χ3v) is 6.03. The Balaban J connectivity index is 1.80. The average molecular weight is 537 g/mol. The number of rotatable bonds is 9. The number of halogens is 3. The molecule has 1 aliphatic rings. The van der Waals surface area contributed by atoms with Crippen molar-refractivity contribution in [3.8, 4) is 6.19 Å². The van der Waals surface area contributed by atoms with Crippen molar-refractivity contribution in [2.45, 2.75) is 51.7 Å². The molecule has 0 spiro atoms. The highest BCUT2D eigenvalue weighted by molar-refractivity contribution is 6.30. The molecule has 3 amide bonds. The zero-order chi connectivity index (χ0) is 27.1. The first kappa shape index (κ1) is 27.9. The number of hydrogen-bond donors (Lipinski definition) is 2. The van der Waals surface area contributed by atoms with Crippen molar-refractivity contribution in [2.75, 3.05) is 25.0 Å². The zero-order valence-corrected chi connectivity index (χ0v) is 21.1. The van der Waals surface area contributed by atoms with Crippen molar-refractivity contribution in [3.05, 3.63) is 40.8 Å². The Labute approximate surface area is 217 Å². The van der Waals surface area contributed by atoms with Crippen LogP contribution in [0.4, 0.5) is 14.6 Å². The molecular weight excluding hydrogens is 510 g/mol. The largest absolute Gasteiger partial charge is 0.348 e. The van der Waals surface area contributed by atoms with Crippen molar-refractivity contribution in [2.24, 2.45) is 0 Å². The molecule has 0 bridgehead atoms. The molecule has 198 valence electrons. The summed E-state index contributed by atoms with van der Waals surface area (Å²) in [5.74, 6) is -2.10. The van der Waals surface area contributed by atoms with Gasteiger partial charge in [0.1, 0.15) is 18.1 Å². The van der Waals surface area contributed by atoms with Gasteiger partial charge in [-0.25, -0.2) is 23.3 Å². The lowest BCUT2D eigenvalue weighted by Crippen LogP contribution is -2.47. The maximum Gasteiger partial charge on any atom is 0.287 e. The normalized spacial score (nSPS) is 14.4. The van der Waals surface area contributed by atoms with Crippen LogP contribution in [0.25, 0.3) is 0 Å². The standard InChI is InChI=1S/C23H27ClF2N8O3/c1-14(2)32-7-5-16(6-8-32)29-22(36)18-9-17(23(37)33(13-27)11-19(25)26)31-34(18)12-21(35)30-20-4-3-15(24)10-28-20/h3-4,9-10,14,16,19H,5-8,11-12H2,1-2H3,(H,29,36)(H,28,30,35). The summed E-state index contributed by atoms with van der Waals surface area (Å²) in [4.78, 5) is 44.9. The van der Waals surface area contributed by atoms with Gasteiger partial charge in [-0.1, -0.05) is 11.6 Å². The van der Waals surface area contributed by atoms with Gasteiger partial charge in [-0.2, -0.15) is 10.4 Å². The van der Waals surface area contributed by atoms with Crippen LogP contribution in [0.15, 0.2) is 24.4 Å². The monoisotopic (exact) mass is 536 g/mol. The molecule has 0 atom stereocenters. The van der Waals surface area contributed by atoms with Gasteiger partial charge < -0.3 is 15.5 Å². The van der Waals surface area contributed by atoms with E-state index in [0.717, 1.165) is 23.8 Å². The topological polar surface area (TPSA) is 136 Å².